The van der Waals surface area contributed by atoms with Gasteiger partial charge < -0.3 is 19.3 Å². The fourth-order valence-corrected chi connectivity index (χ4v) is 6.84. The van der Waals surface area contributed by atoms with Crippen LogP contribution in [0.5, 0.6) is 0 Å². The molecular formula is C25H38O6. The SMILES string of the molecule is CCCCC(=O)O[C@H]1CC[C@@]2(C)C(=CC(O)C3C4CCC(OC(C)=O)[C@@]4(C)COC32)C1. The molecule has 8 atom stereocenters. The Morgan fingerprint density at radius 3 is 2.71 bits per heavy atom. The van der Waals surface area contributed by atoms with Crippen LogP contribution in [0.2, 0.25) is 0 Å². The smallest absolute Gasteiger partial charge is 0.306 e. The second kappa shape index (κ2) is 8.51. The number of hydrogen-bond acceptors (Lipinski definition) is 6. The second-order valence-corrected chi connectivity index (χ2v) is 10.7. The molecule has 0 aromatic rings. The van der Waals surface area contributed by atoms with E-state index in [9.17, 15) is 14.7 Å². The lowest BCUT2D eigenvalue weighted by Gasteiger charge is -2.58. The summed E-state index contributed by atoms with van der Waals surface area (Å²) in [5.41, 5.74) is 0.748. The van der Waals surface area contributed by atoms with E-state index >= 15 is 0 Å². The van der Waals surface area contributed by atoms with Crippen molar-refractivity contribution in [3.63, 3.8) is 0 Å². The van der Waals surface area contributed by atoms with Crippen molar-refractivity contribution in [1.82, 2.24) is 0 Å². The van der Waals surface area contributed by atoms with Crippen LogP contribution < -0.4 is 0 Å². The zero-order valence-electron chi connectivity index (χ0n) is 19.4. The van der Waals surface area contributed by atoms with Crippen LogP contribution in [-0.2, 0) is 23.8 Å². The van der Waals surface area contributed by atoms with E-state index in [2.05, 4.69) is 20.8 Å². The molecule has 1 N–H and O–H groups in total. The molecule has 0 aromatic heterocycles. The van der Waals surface area contributed by atoms with Crippen molar-refractivity contribution < 1.29 is 28.9 Å². The average molecular weight is 435 g/mol. The first kappa shape index (κ1) is 22.8. The zero-order valence-corrected chi connectivity index (χ0v) is 19.4. The molecule has 0 amide bonds. The first-order valence-electron chi connectivity index (χ1n) is 12.1. The van der Waals surface area contributed by atoms with Crippen LogP contribution in [0.3, 0.4) is 0 Å². The summed E-state index contributed by atoms with van der Waals surface area (Å²) in [6, 6.07) is 0. The van der Waals surface area contributed by atoms with Crippen LogP contribution in [0.25, 0.3) is 0 Å². The molecule has 174 valence electrons. The predicted molar refractivity (Wildman–Crippen MR) is 115 cm³/mol. The fourth-order valence-electron chi connectivity index (χ4n) is 6.84. The van der Waals surface area contributed by atoms with Gasteiger partial charge in [-0.05, 0) is 38.0 Å². The second-order valence-electron chi connectivity index (χ2n) is 10.7. The monoisotopic (exact) mass is 434 g/mol. The molecule has 0 spiro atoms. The molecule has 6 nitrogen and oxygen atoms in total. The van der Waals surface area contributed by atoms with E-state index in [0.29, 0.717) is 19.4 Å². The minimum absolute atomic E-state index is 0.00304. The molecule has 0 bridgehead atoms. The van der Waals surface area contributed by atoms with E-state index in [-0.39, 0.29) is 52.9 Å². The lowest BCUT2D eigenvalue weighted by molar-refractivity contribution is -0.212. The molecule has 3 aliphatic carbocycles. The van der Waals surface area contributed by atoms with Crippen LogP contribution in [0.4, 0.5) is 0 Å². The van der Waals surface area contributed by atoms with E-state index in [1.54, 1.807) is 0 Å². The van der Waals surface area contributed by atoms with Gasteiger partial charge in [-0.1, -0.05) is 38.8 Å². The Labute approximate surface area is 185 Å². The van der Waals surface area contributed by atoms with Gasteiger partial charge in [0.05, 0.1) is 18.8 Å². The topological polar surface area (TPSA) is 82.1 Å². The Hall–Kier alpha value is -1.40. The number of aliphatic hydroxyl groups is 1. The van der Waals surface area contributed by atoms with Gasteiger partial charge in [-0.25, -0.2) is 0 Å². The maximum atomic E-state index is 12.1. The summed E-state index contributed by atoms with van der Waals surface area (Å²) >= 11 is 0. The van der Waals surface area contributed by atoms with E-state index in [1.165, 1.54) is 12.5 Å². The lowest BCUT2D eigenvalue weighted by atomic mass is 9.54. The van der Waals surface area contributed by atoms with Gasteiger partial charge in [0, 0.05) is 36.5 Å². The normalized spacial score (nSPS) is 43.8. The molecule has 5 unspecified atom stereocenters. The maximum absolute atomic E-state index is 12.1. The summed E-state index contributed by atoms with van der Waals surface area (Å²) in [6.45, 7) is 8.47. The average Bonchev–Trinajstić information content (AvgIpc) is 3.03. The van der Waals surface area contributed by atoms with Gasteiger partial charge in [0.2, 0.25) is 0 Å². The Bertz CT molecular complexity index is 746. The number of aliphatic hydroxyl groups excluding tert-OH is 1. The number of ether oxygens (including phenoxy) is 3. The van der Waals surface area contributed by atoms with Crippen molar-refractivity contribution in [1.29, 1.82) is 0 Å². The number of hydrogen-bond donors (Lipinski definition) is 1. The predicted octanol–water partition coefficient (Wildman–Crippen LogP) is 3.94. The fraction of sp³-hybridized carbons (Fsp3) is 0.840. The molecule has 31 heavy (non-hydrogen) atoms. The van der Waals surface area contributed by atoms with E-state index in [1.807, 2.05) is 6.08 Å². The molecular weight excluding hydrogens is 396 g/mol. The third-order valence-corrected chi connectivity index (χ3v) is 8.61. The summed E-state index contributed by atoms with van der Waals surface area (Å²) in [5.74, 6) is -0.113. The highest BCUT2D eigenvalue weighted by Crippen LogP contribution is 2.60. The third-order valence-electron chi connectivity index (χ3n) is 8.61. The molecule has 0 radical (unpaired) electrons. The van der Waals surface area contributed by atoms with Crippen molar-refractivity contribution in [2.45, 2.75) is 103 Å². The lowest BCUT2D eigenvalue weighted by Crippen LogP contribution is -2.61. The Kier molecular flexibility index (Phi) is 6.25. The molecule has 6 heteroatoms. The van der Waals surface area contributed by atoms with Crippen LogP contribution in [-0.4, -0.2) is 48.1 Å². The molecule has 1 heterocycles. The number of carbonyl (C=O) groups excluding carboxylic acids is 2. The van der Waals surface area contributed by atoms with Gasteiger partial charge in [0.1, 0.15) is 12.2 Å². The van der Waals surface area contributed by atoms with Gasteiger partial charge in [0.15, 0.2) is 0 Å². The number of fused-ring (bicyclic) bond motifs is 5. The first-order valence-corrected chi connectivity index (χ1v) is 12.1. The number of rotatable bonds is 5. The van der Waals surface area contributed by atoms with Crippen molar-refractivity contribution in [3.8, 4) is 0 Å². The Morgan fingerprint density at radius 2 is 2.00 bits per heavy atom. The summed E-state index contributed by atoms with van der Waals surface area (Å²) in [5, 5.41) is 11.2. The quantitative estimate of drug-likeness (QED) is 0.521. The van der Waals surface area contributed by atoms with Crippen LogP contribution >= 0.6 is 0 Å². The zero-order chi connectivity index (χ0) is 22.4. The van der Waals surface area contributed by atoms with Crippen molar-refractivity contribution >= 4 is 11.9 Å². The minimum atomic E-state index is -0.594. The van der Waals surface area contributed by atoms with Gasteiger partial charge in [0.25, 0.3) is 0 Å². The summed E-state index contributed by atoms with van der Waals surface area (Å²) in [4.78, 5) is 23.7. The molecule has 4 rings (SSSR count). The molecule has 0 aromatic carbocycles. The van der Waals surface area contributed by atoms with Crippen molar-refractivity contribution in [2.75, 3.05) is 6.61 Å². The Balaban J connectivity index is 1.52. The third kappa shape index (κ3) is 3.95. The highest BCUT2D eigenvalue weighted by Gasteiger charge is 2.62. The maximum Gasteiger partial charge on any atom is 0.306 e. The highest BCUT2D eigenvalue weighted by molar-refractivity contribution is 5.69. The van der Waals surface area contributed by atoms with E-state index in [4.69, 9.17) is 14.2 Å². The molecule has 3 fully saturated rings. The standard InChI is InChI=1S/C25H38O6/c1-5-6-7-21(28)31-17-10-11-24(3)16(12-17)13-19(27)22-18-8-9-20(30-15(2)26)25(18,4)14-29-23(22)24/h13,17-20,22-23,27H,5-12,14H2,1-4H3/t17-,18?,19?,20?,22?,23?,24-,25-/m0/s1. The van der Waals surface area contributed by atoms with Crippen LogP contribution in [0, 0.1) is 22.7 Å². The minimum Gasteiger partial charge on any atom is -0.462 e. The van der Waals surface area contributed by atoms with Gasteiger partial charge >= 0.3 is 11.9 Å². The number of carbonyl (C=O) groups is 2. The number of unbranched alkanes of at least 4 members (excludes halogenated alkanes) is 1. The number of esters is 2. The summed E-state index contributed by atoms with van der Waals surface area (Å²) in [6.07, 6.45) is 7.56. The molecule has 2 saturated carbocycles. The summed E-state index contributed by atoms with van der Waals surface area (Å²) < 4.78 is 17.9. The first-order chi connectivity index (χ1) is 14.7. The van der Waals surface area contributed by atoms with Crippen LogP contribution in [0.1, 0.15) is 79.1 Å². The molecule has 1 saturated heterocycles. The van der Waals surface area contributed by atoms with E-state index in [0.717, 1.165) is 38.5 Å². The van der Waals surface area contributed by atoms with E-state index < -0.39 is 6.10 Å². The highest BCUT2D eigenvalue weighted by atomic mass is 16.6. The van der Waals surface area contributed by atoms with Gasteiger partial charge in [-0.15, -0.1) is 0 Å². The summed E-state index contributed by atoms with van der Waals surface area (Å²) in [7, 11) is 0. The molecule has 4 aliphatic rings. The molecule has 1 aliphatic heterocycles. The largest absolute Gasteiger partial charge is 0.462 e. The van der Waals surface area contributed by atoms with Gasteiger partial charge in [-0.3, -0.25) is 9.59 Å². The van der Waals surface area contributed by atoms with Gasteiger partial charge in [-0.2, -0.15) is 0 Å². The Morgan fingerprint density at radius 1 is 1.23 bits per heavy atom. The van der Waals surface area contributed by atoms with Crippen molar-refractivity contribution in [3.05, 3.63) is 11.6 Å². The van der Waals surface area contributed by atoms with Crippen LogP contribution in [0.15, 0.2) is 11.6 Å². The van der Waals surface area contributed by atoms with Crippen molar-refractivity contribution in [2.24, 2.45) is 22.7 Å².